The molecule has 0 radical (unpaired) electrons. The molecule has 7 heteroatoms. The Morgan fingerprint density at radius 3 is 2.68 bits per heavy atom. The van der Waals surface area contributed by atoms with Crippen LogP contribution in [0.25, 0.3) is 0 Å². The van der Waals surface area contributed by atoms with Crippen molar-refractivity contribution in [2.45, 2.75) is 57.2 Å². The molecule has 3 heterocycles. The number of amides is 2. The van der Waals surface area contributed by atoms with E-state index in [1.54, 1.807) is 11.3 Å². The summed E-state index contributed by atoms with van der Waals surface area (Å²) < 4.78 is 5.19. The molecule has 0 spiro atoms. The molecule has 25 heavy (non-hydrogen) atoms. The van der Waals surface area contributed by atoms with Gasteiger partial charge in [-0.05, 0) is 44.1 Å². The van der Waals surface area contributed by atoms with Crippen LogP contribution in [0.2, 0.25) is 0 Å². The lowest BCUT2D eigenvalue weighted by molar-refractivity contribution is -0.120. The van der Waals surface area contributed by atoms with Crippen LogP contribution in [0.3, 0.4) is 0 Å². The molecule has 2 aliphatic rings. The van der Waals surface area contributed by atoms with Crippen molar-refractivity contribution in [2.75, 3.05) is 19.7 Å². The van der Waals surface area contributed by atoms with E-state index in [9.17, 15) is 9.59 Å². The largest absolute Gasteiger partial charge is 0.450 e. The fraction of sp³-hybridized carbons (Fsp3) is 0.667. The van der Waals surface area contributed by atoms with Gasteiger partial charge < -0.3 is 20.3 Å². The first kappa shape index (κ1) is 18.2. The first-order valence-electron chi connectivity index (χ1n) is 9.15. The Balaban J connectivity index is 1.35. The van der Waals surface area contributed by atoms with E-state index >= 15 is 0 Å². The molecular formula is C18H27N3O3S. The van der Waals surface area contributed by atoms with Gasteiger partial charge in [0.15, 0.2) is 0 Å². The standard InChI is InChI=1S/C18H27N3O3S/c1-2-24-18(23)21-14-5-6-15(21)11-13(10-14)19-7-8-20-17(22)12-16-4-3-9-25-16/h3-4,9,13-15,19H,2,5-8,10-12H2,1H3,(H,20,22). The van der Waals surface area contributed by atoms with E-state index in [1.807, 2.05) is 29.3 Å². The summed E-state index contributed by atoms with van der Waals surface area (Å²) in [6, 6.07) is 4.95. The lowest BCUT2D eigenvalue weighted by Crippen LogP contribution is -2.52. The van der Waals surface area contributed by atoms with Crippen LogP contribution in [0.1, 0.15) is 37.5 Å². The highest BCUT2D eigenvalue weighted by molar-refractivity contribution is 7.10. The Morgan fingerprint density at radius 2 is 2.04 bits per heavy atom. The minimum Gasteiger partial charge on any atom is -0.450 e. The van der Waals surface area contributed by atoms with E-state index in [4.69, 9.17) is 4.74 Å². The fourth-order valence-corrected chi connectivity index (χ4v) is 4.66. The quantitative estimate of drug-likeness (QED) is 0.727. The second-order valence-electron chi connectivity index (χ2n) is 6.72. The molecule has 3 rings (SSSR count). The smallest absolute Gasteiger partial charge is 0.410 e. The van der Waals surface area contributed by atoms with Crippen LogP contribution in [0, 0.1) is 0 Å². The Kier molecular flexibility index (Phi) is 6.31. The highest BCUT2D eigenvalue weighted by Gasteiger charge is 2.43. The average Bonchev–Trinajstić information content (AvgIpc) is 3.18. The fourth-order valence-electron chi connectivity index (χ4n) is 3.95. The van der Waals surface area contributed by atoms with Gasteiger partial charge in [0, 0.05) is 36.1 Å². The van der Waals surface area contributed by atoms with Gasteiger partial charge in [-0.1, -0.05) is 6.07 Å². The number of thiophene rings is 1. The SMILES string of the molecule is CCOC(=O)N1C2CCC1CC(NCCNC(=O)Cc1cccs1)C2. The van der Waals surface area contributed by atoms with Gasteiger partial charge in [0.25, 0.3) is 0 Å². The molecule has 0 aliphatic carbocycles. The van der Waals surface area contributed by atoms with E-state index in [2.05, 4.69) is 10.6 Å². The first-order valence-corrected chi connectivity index (χ1v) is 10.0. The molecule has 6 nitrogen and oxygen atoms in total. The first-order chi connectivity index (χ1) is 12.2. The second kappa shape index (κ2) is 8.67. The number of carbonyl (C=O) groups is 2. The molecule has 2 unspecified atom stereocenters. The monoisotopic (exact) mass is 365 g/mol. The molecule has 2 aliphatic heterocycles. The molecule has 138 valence electrons. The molecule has 2 saturated heterocycles. The molecule has 2 bridgehead atoms. The molecule has 2 amide bonds. The Bertz CT molecular complexity index is 564. The van der Waals surface area contributed by atoms with Gasteiger partial charge in [0.05, 0.1) is 13.0 Å². The van der Waals surface area contributed by atoms with Crippen molar-refractivity contribution in [3.63, 3.8) is 0 Å². The van der Waals surface area contributed by atoms with Crippen molar-refractivity contribution in [1.29, 1.82) is 0 Å². The van der Waals surface area contributed by atoms with Crippen LogP contribution in [-0.2, 0) is 16.0 Å². The lowest BCUT2D eigenvalue weighted by Gasteiger charge is -2.38. The van der Waals surface area contributed by atoms with E-state index in [1.165, 1.54) is 0 Å². The third kappa shape index (κ3) is 4.73. The molecule has 1 aromatic rings. The number of piperidine rings is 1. The Morgan fingerprint density at radius 1 is 1.28 bits per heavy atom. The minimum absolute atomic E-state index is 0.0708. The van der Waals surface area contributed by atoms with Crippen LogP contribution in [0.4, 0.5) is 4.79 Å². The highest BCUT2D eigenvalue weighted by atomic mass is 32.1. The third-order valence-corrected chi connectivity index (χ3v) is 5.88. The summed E-state index contributed by atoms with van der Waals surface area (Å²) >= 11 is 1.61. The Labute approximate surface area is 152 Å². The van der Waals surface area contributed by atoms with Crippen LogP contribution in [0.5, 0.6) is 0 Å². The van der Waals surface area contributed by atoms with Gasteiger partial charge in [-0.15, -0.1) is 11.3 Å². The van der Waals surface area contributed by atoms with E-state index in [0.717, 1.165) is 37.1 Å². The number of carbonyl (C=O) groups excluding carboxylic acids is 2. The van der Waals surface area contributed by atoms with Crippen LogP contribution in [-0.4, -0.2) is 54.7 Å². The van der Waals surface area contributed by atoms with E-state index in [0.29, 0.717) is 37.7 Å². The molecule has 2 fully saturated rings. The van der Waals surface area contributed by atoms with Crippen molar-refractivity contribution in [1.82, 2.24) is 15.5 Å². The molecular weight excluding hydrogens is 338 g/mol. The topological polar surface area (TPSA) is 70.7 Å². The van der Waals surface area contributed by atoms with Crippen molar-refractivity contribution in [2.24, 2.45) is 0 Å². The summed E-state index contributed by atoms with van der Waals surface area (Å²) in [6.07, 6.45) is 4.38. The maximum atomic E-state index is 12.1. The van der Waals surface area contributed by atoms with Crippen molar-refractivity contribution >= 4 is 23.3 Å². The summed E-state index contributed by atoms with van der Waals surface area (Å²) in [7, 11) is 0. The normalized spacial score (nSPS) is 25.0. The summed E-state index contributed by atoms with van der Waals surface area (Å²) in [5, 5.41) is 8.49. The third-order valence-electron chi connectivity index (χ3n) is 5.01. The van der Waals surface area contributed by atoms with Gasteiger partial charge in [-0.2, -0.15) is 0 Å². The average molecular weight is 365 g/mol. The summed E-state index contributed by atoms with van der Waals surface area (Å²) in [4.78, 5) is 27.0. The summed E-state index contributed by atoms with van der Waals surface area (Å²) in [5.41, 5.74) is 0. The number of nitrogens with zero attached hydrogens (tertiary/aromatic N) is 1. The van der Waals surface area contributed by atoms with Gasteiger partial charge >= 0.3 is 6.09 Å². The highest BCUT2D eigenvalue weighted by Crippen LogP contribution is 2.36. The van der Waals surface area contributed by atoms with Crippen LogP contribution < -0.4 is 10.6 Å². The maximum Gasteiger partial charge on any atom is 0.410 e. The maximum absolute atomic E-state index is 12.1. The summed E-state index contributed by atoms with van der Waals surface area (Å²) in [6.45, 7) is 3.68. The van der Waals surface area contributed by atoms with E-state index in [-0.39, 0.29) is 12.0 Å². The van der Waals surface area contributed by atoms with Crippen molar-refractivity contribution < 1.29 is 14.3 Å². The predicted octanol–water partition coefficient (Wildman–Crippen LogP) is 2.15. The number of rotatable bonds is 7. The van der Waals surface area contributed by atoms with Crippen LogP contribution >= 0.6 is 11.3 Å². The lowest BCUT2D eigenvalue weighted by atomic mass is 9.98. The second-order valence-corrected chi connectivity index (χ2v) is 7.75. The Hall–Kier alpha value is -1.60. The zero-order valence-electron chi connectivity index (χ0n) is 14.7. The number of ether oxygens (including phenoxy) is 1. The predicted molar refractivity (Wildman–Crippen MR) is 97.7 cm³/mol. The van der Waals surface area contributed by atoms with Gasteiger partial charge in [-0.3, -0.25) is 4.79 Å². The molecule has 2 atom stereocenters. The number of hydrogen-bond acceptors (Lipinski definition) is 5. The zero-order valence-corrected chi connectivity index (χ0v) is 15.5. The van der Waals surface area contributed by atoms with Crippen LogP contribution in [0.15, 0.2) is 17.5 Å². The number of fused-ring (bicyclic) bond motifs is 2. The molecule has 0 saturated carbocycles. The summed E-state index contributed by atoms with van der Waals surface area (Å²) in [5.74, 6) is 0.0708. The molecule has 1 aromatic heterocycles. The minimum atomic E-state index is -0.158. The van der Waals surface area contributed by atoms with Crippen molar-refractivity contribution in [3.05, 3.63) is 22.4 Å². The van der Waals surface area contributed by atoms with Gasteiger partial charge in [0.2, 0.25) is 5.91 Å². The van der Waals surface area contributed by atoms with Crippen molar-refractivity contribution in [3.8, 4) is 0 Å². The van der Waals surface area contributed by atoms with Gasteiger partial charge in [0.1, 0.15) is 0 Å². The molecule has 0 aromatic carbocycles. The number of nitrogens with one attached hydrogen (secondary N) is 2. The van der Waals surface area contributed by atoms with E-state index < -0.39 is 0 Å². The van der Waals surface area contributed by atoms with Gasteiger partial charge in [-0.25, -0.2) is 4.79 Å². The number of hydrogen-bond donors (Lipinski definition) is 2. The molecule has 2 N–H and O–H groups in total. The zero-order chi connectivity index (χ0) is 17.6.